The Balaban J connectivity index is 2.34. The molecular weight excluding hydrogens is 250 g/mol. The van der Waals surface area contributed by atoms with E-state index in [2.05, 4.69) is 4.85 Å². The second-order valence-electron chi connectivity index (χ2n) is 4.90. The predicted octanol–water partition coefficient (Wildman–Crippen LogP) is 4.97. The molecule has 0 atom stereocenters. The lowest BCUT2D eigenvalue weighted by Crippen LogP contribution is -1.82. The van der Waals surface area contributed by atoms with Crippen LogP contribution >= 0.6 is 0 Å². The molecule has 0 saturated heterocycles. The molecule has 1 N–H and O–H groups in total. The first-order valence-electron chi connectivity index (χ1n) is 6.29. The normalized spacial score (nSPS) is 10.7. The first-order valence-corrected chi connectivity index (χ1v) is 6.29. The summed E-state index contributed by atoms with van der Waals surface area (Å²) in [6.07, 6.45) is 1.69. The Morgan fingerprint density at radius 3 is 2.60 bits per heavy atom. The summed E-state index contributed by atoms with van der Waals surface area (Å²) in [5.74, 6) is 0.243. The van der Waals surface area contributed by atoms with Crippen molar-refractivity contribution in [3.05, 3.63) is 59.1 Å². The highest BCUT2D eigenvalue weighted by Gasteiger charge is 2.12. The monoisotopic (exact) mass is 263 g/mol. The van der Waals surface area contributed by atoms with Gasteiger partial charge in [-0.05, 0) is 48.7 Å². The Kier molecular flexibility index (Phi) is 2.73. The summed E-state index contributed by atoms with van der Waals surface area (Å²) in [6.45, 7) is 11.0. The Bertz CT molecular complexity index is 853. The van der Waals surface area contributed by atoms with Crippen LogP contribution in [0.1, 0.15) is 11.1 Å². The standard InChI is InChI=1S/C17H13NO2/c1-10-4-5-12(6-16(10)19)15-8-13(18-3)7-14-11(2)9-20-17(14)15/h4-9,19H,1-2H3. The first kappa shape index (κ1) is 12.3. The van der Waals surface area contributed by atoms with E-state index in [1.165, 1.54) is 0 Å². The van der Waals surface area contributed by atoms with Crippen molar-refractivity contribution < 1.29 is 9.52 Å². The van der Waals surface area contributed by atoms with Gasteiger partial charge in [0.1, 0.15) is 11.3 Å². The molecule has 98 valence electrons. The van der Waals surface area contributed by atoms with Crippen molar-refractivity contribution in [2.75, 3.05) is 0 Å². The van der Waals surface area contributed by atoms with Crippen LogP contribution in [0, 0.1) is 20.4 Å². The topological polar surface area (TPSA) is 37.7 Å². The average molecular weight is 263 g/mol. The van der Waals surface area contributed by atoms with Crippen LogP contribution in [0.15, 0.2) is 41.0 Å². The lowest BCUT2D eigenvalue weighted by atomic mass is 10.00. The fourth-order valence-corrected chi connectivity index (χ4v) is 2.30. The lowest BCUT2D eigenvalue weighted by Gasteiger charge is -2.06. The Morgan fingerprint density at radius 2 is 1.90 bits per heavy atom. The Morgan fingerprint density at radius 1 is 1.10 bits per heavy atom. The molecule has 0 aliphatic rings. The maximum Gasteiger partial charge on any atom is 0.188 e. The molecule has 2 aromatic carbocycles. The van der Waals surface area contributed by atoms with Crippen LogP contribution in [-0.2, 0) is 0 Å². The van der Waals surface area contributed by atoms with Gasteiger partial charge in [-0.1, -0.05) is 12.1 Å². The van der Waals surface area contributed by atoms with Crippen LogP contribution in [-0.4, -0.2) is 5.11 Å². The fourth-order valence-electron chi connectivity index (χ4n) is 2.30. The van der Waals surface area contributed by atoms with Crippen molar-refractivity contribution in [3.63, 3.8) is 0 Å². The summed E-state index contributed by atoms with van der Waals surface area (Å²) < 4.78 is 5.62. The van der Waals surface area contributed by atoms with E-state index in [9.17, 15) is 5.11 Å². The number of nitrogens with zero attached hydrogens (tertiary/aromatic N) is 1. The smallest absolute Gasteiger partial charge is 0.188 e. The molecule has 0 radical (unpaired) electrons. The van der Waals surface area contributed by atoms with Gasteiger partial charge in [-0.2, -0.15) is 0 Å². The van der Waals surface area contributed by atoms with Gasteiger partial charge in [-0.15, -0.1) is 0 Å². The van der Waals surface area contributed by atoms with Crippen molar-refractivity contribution in [2.45, 2.75) is 13.8 Å². The van der Waals surface area contributed by atoms with E-state index in [0.29, 0.717) is 5.69 Å². The van der Waals surface area contributed by atoms with Gasteiger partial charge in [0.2, 0.25) is 0 Å². The fraction of sp³-hybridized carbons (Fsp3) is 0.118. The third-order valence-corrected chi connectivity index (χ3v) is 3.50. The number of aryl methyl sites for hydroxylation is 2. The molecule has 0 aliphatic carbocycles. The minimum absolute atomic E-state index is 0.243. The van der Waals surface area contributed by atoms with Gasteiger partial charge in [0.25, 0.3) is 0 Å². The number of phenolic OH excluding ortho intramolecular Hbond substituents is 1. The minimum atomic E-state index is 0.243. The molecule has 0 bridgehead atoms. The van der Waals surface area contributed by atoms with Gasteiger partial charge in [0, 0.05) is 10.9 Å². The van der Waals surface area contributed by atoms with Gasteiger partial charge < -0.3 is 9.52 Å². The number of benzene rings is 2. The van der Waals surface area contributed by atoms with Crippen LogP contribution in [0.5, 0.6) is 5.75 Å². The zero-order chi connectivity index (χ0) is 14.3. The summed E-state index contributed by atoms with van der Waals surface area (Å²) in [7, 11) is 0. The zero-order valence-corrected chi connectivity index (χ0v) is 11.3. The average Bonchev–Trinajstić information content (AvgIpc) is 2.82. The number of phenols is 1. The third-order valence-electron chi connectivity index (χ3n) is 3.50. The molecule has 0 saturated carbocycles. The van der Waals surface area contributed by atoms with Crippen LogP contribution in [0.4, 0.5) is 5.69 Å². The molecule has 3 nitrogen and oxygen atoms in total. The van der Waals surface area contributed by atoms with Crippen LogP contribution in [0.2, 0.25) is 0 Å². The molecule has 1 heterocycles. The maximum absolute atomic E-state index is 9.87. The number of hydrogen-bond acceptors (Lipinski definition) is 2. The highest BCUT2D eigenvalue weighted by atomic mass is 16.3. The highest BCUT2D eigenvalue weighted by molar-refractivity contribution is 5.97. The van der Waals surface area contributed by atoms with Gasteiger partial charge >= 0.3 is 0 Å². The highest BCUT2D eigenvalue weighted by Crippen LogP contribution is 2.37. The second-order valence-corrected chi connectivity index (χ2v) is 4.90. The number of aromatic hydroxyl groups is 1. The van der Waals surface area contributed by atoms with Crippen LogP contribution < -0.4 is 0 Å². The molecule has 1 aromatic heterocycles. The predicted molar refractivity (Wildman–Crippen MR) is 79.1 cm³/mol. The lowest BCUT2D eigenvalue weighted by molar-refractivity contribution is 0.471. The van der Waals surface area contributed by atoms with E-state index in [4.69, 9.17) is 11.0 Å². The van der Waals surface area contributed by atoms with Crippen molar-refractivity contribution in [1.29, 1.82) is 0 Å². The van der Waals surface area contributed by atoms with E-state index < -0.39 is 0 Å². The quantitative estimate of drug-likeness (QED) is 0.629. The Hall–Kier alpha value is -2.73. The van der Waals surface area contributed by atoms with Crippen LogP contribution in [0.25, 0.3) is 26.9 Å². The molecule has 3 aromatic rings. The minimum Gasteiger partial charge on any atom is -0.508 e. The molecule has 0 unspecified atom stereocenters. The van der Waals surface area contributed by atoms with E-state index in [1.54, 1.807) is 18.4 Å². The second kappa shape index (κ2) is 4.43. The largest absolute Gasteiger partial charge is 0.508 e. The molecule has 20 heavy (non-hydrogen) atoms. The third kappa shape index (κ3) is 1.83. The molecule has 3 rings (SSSR count). The maximum atomic E-state index is 9.87. The number of rotatable bonds is 1. The van der Waals surface area contributed by atoms with E-state index in [-0.39, 0.29) is 5.75 Å². The van der Waals surface area contributed by atoms with Crippen LogP contribution in [0.3, 0.4) is 0 Å². The Labute approximate surface area is 116 Å². The summed E-state index contributed by atoms with van der Waals surface area (Å²) in [5, 5.41) is 10.8. The van der Waals surface area contributed by atoms with Crippen molar-refractivity contribution in [3.8, 4) is 16.9 Å². The molecular formula is C17H13NO2. The molecule has 0 amide bonds. The van der Waals surface area contributed by atoms with Gasteiger partial charge in [0.05, 0.1) is 12.8 Å². The van der Waals surface area contributed by atoms with Crippen molar-refractivity contribution >= 4 is 16.7 Å². The SMILES string of the molecule is [C-]#[N+]c1cc(-c2ccc(C)c(O)c2)c2occ(C)c2c1. The summed E-state index contributed by atoms with van der Waals surface area (Å²) >= 11 is 0. The van der Waals surface area contributed by atoms with Gasteiger partial charge in [-0.3, -0.25) is 0 Å². The number of furan rings is 1. The summed E-state index contributed by atoms with van der Waals surface area (Å²) in [4.78, 5) is 3.51. The molecule has 0 aliphatic heterocycles. The van der Waals surface area contributed by atoms with E-state index >= 15 is 0 Å². The first-order chi connectivity index (χ1) is 9.60. The molecule has 0 spiro atoms. The van der Waals surface area contributed by atoms with Gasteiger partial charge in [-0.25, -0.2) is 4.85 Å². The van der Waals surface area contributed by atoms with Gasteiger partial charge in [0.15, 0.2) is 5.69 Å². The van der Waals surface area contributed by atoms with E-state index in [1.807, 2.05) is 32.0 Å². The molecule has 3 heteroatoms. The van der Waals surface area contributed by atoms with Crippen molar-refractivity contribution in [2.24, 2.45) is 0 Å². The number of fused-ring (bicyclic) bond motifs is 1. The van der Waals surface area contributed by atoms with Crippen molar-refractivity contribution in [1.82, 2.24) is 0 Å². The zero-order valence-electron chi connectivity index (χ0n) is 11.3. The molecule has 0 fully saturated rings. The summed E-state index contributed by atoms with van der Waals surface area (Å²) in [5.41, 5.74) is 4.81. The van der Waals surface area contributed by atoms with E-state index in [0.717, 1.165) is 33.2 Å². The summed E-state index contributed by atoms with van der Waals surface area (Å²) in [6, 6.07) is 9.11. The number of hydrogen-bond donors (Lipinski definition) is 1.